The normalized spacial score (nSPS) is 37.2. The monoisotopic (exact) mass is 295 g/mol. The third kappa shape index (κ3) is 1.20. The minimum atomic E-state index is -1.29. The van der Waals surface area contributed by atoms with Crippen molar-refractivity contribution in [2.45, 2.75) is 12.3 Å². The summed E-state index contributed by atoms with van der Waals surface area (Å²) in [6, 6.07) is 14.4. The Bertz CT molecular complexity index is 742. The molecule has 6 heteroatoms. The molecule has 6 nitrogen and oxygen atoms in total. The molecule has 1 aromatic rings. The van der Waals surface area contributed by atoms with Crippen molar-refractivity contribution in [1.82, 2.24) is 0 Å². The smallest absolute Gasteiger partial charge is 0.311 e. The highest BCUT2D eigenvalue weighted by Crippen LogP contribution is 2.75. The van der Waals surface area contributed by atoms with Crippen molar-refractivity contribution in [1.29, 1.82) is 10.5 Å². The number of benzene rings is 1. The summed E-state index contributed by atoms with van der Waals surface area (Å²) < 4.78 is 11.4. The molecule has 1 aromatic carbocycles. The fourth-order valence-electron chi connectivity index (χ4n) is 4.15. The predicted octanol–water partition coefficient (Wildman–Crippen LogP) is -0.969. The Morgan fingerprint density at radius 3 is 2.45 bits per heavy atom. The number of nitrogens with one attached hydrogen (secondary N) is 1. The molecule has 0 unspecified atom stereocenters. The van der Waals surface area contributed by atoms with Gasteiger partial charge >= 0.3 is 5.91 Å². The minimum absolute atomic E-state index is 0.253. The molecule has 0 amide bonds. The lowest BCUT2D eigenvalue weighted by Gasteiger charge is -2.23. The SMILES string of the molecule is N#C[C@@]12C(N)=[NH+]C3(OCCO3)[C@]1(C#N)[C@@H]2Cc1ccccc1. The van der Waals surface area contributed by atoms with Crippen LogP contribution in [0.15, 0.2) is 30.3 Å². The molecule has 22 heavy (non-hydrogen) atoms. The van der Waals surface area contributed by atoms with Gasteiger partial charge in [0.1, 0.15) is 0 Å². The van der Waals surface area contributed by atoms with Crippen LogP contribution in [0.2, 0.25) is 0 Å². The van der Waals surface area contributed by atoms with E-state index in [9.17, 15) is 10.5 Å². The second-order valence-electron chi connectivity index (χ2n) is 5.93. The molecule has 1 saturated heterocycles. The molecule has 1 saturated carbocycles. The van der Waals surface area contributed by atoms with Gasteiger partial charge in [-0.1, -0.05) is 30.3 Å². The average Bonchev–Trinajstić information content (AvgIpc) is 2.81. The van der Waals surface area contributed by atoms with Gasteiger partial charge in [0.2, 0.25) is 0 Å². The summed E-state index contributed by atoms with van der Waals surface area (Å²) in [7, 11) is 0. The molecule has 2 fully saturated rings. The molecule has 110 valence electrons. The maximum atomic E-state index is 9.89. The lowest BCUT2D eigenvalue weighted by atomic mass is 9.94. The maximum absolute atomic E-state index is 9.89. The van der Waals surface area contributed by atoms with Crippen molar-refractivity contribution in [3.63, 3.8) is 0 Å². The molecule has 3 aliphatic rings. The van der Waals surface area contributed by atoms with Gasteiger partial charge in [0.15, 0.2) is 10.8 Å². The van der Waals surface area contributed by atoms with E-state index in [4.69, 9.17) is 15.2 Å². The van der Waals surface area contributed by atoms with E-state index in [1.54, 1.807) is 0 Å². The van der Waals surface area contributed by atoms with Crippen molar-refractivity contribution in [3.8, 4) is 12.1 Å². The molecule has 2 heterocycles. The van der Waals surface area contributed by atoms with E-state index in [0.717, 1.165) is 5.56 Å². The fraction of sp³-hybridized carbons (Fsp3) is 0.438. The van der Waals surface area contributed by atoms with Crippen LogP contribution in [0.25, 0.3) is 0 Å². The van der Waals surface area contributed by atoms with Crippen molar-refractivity contribution in [2.75, 3.05) is 13.2 Å². The molecule has 0 aromatic heterocycles. The minimum Gasteiger partial charge on any atom is -0.311 e. The Balaban J connectivity index is 1.80. The van der Waals surface area contributed by atoms with Gasteiger partial charge in [0.05, 0.1) is 25.4 Å². The van der Waals surface area contributed by atoms with Crippen LogP contribution in [0, 0.1) is 39.4 Å². The zero-order valence-corrected chi connectivity index (χ0v) is 11.9. The van der Waals surface area contributed by atoms with Gasteiger partial charge in [-0.3, -0.25) is 5.73 Å². The second kappa shape index (κ2) is 4.07. The van der Waals surface area contributed by atoms with Gasteiger partial charge in [-0.05, 0) is 12.0 Å². The van der Waals surface area contributed by atoms with Gasteiger partial charge in [-0.25, -0.2) is 4.99 Å². The lowest BCUT2D eigenvalue weighted by molar-refractivity contribution is -0.677. The molecule has 0 radical (unpaired) electrons. The van der Waals surface area contributed by atoms with E-state index < -0.39 is 16.7 Å². The fourth-order valence-corrected chi connectivity index (χ4v) is 4.15. The third-order valence-electron chi connectivity index (χ3n) is 5.16. The summed E-state index contributed by atoms with van der Waals surface area (Å²) in [5, 5.41) is 19.7. The van der Waals surface area contributed by atoms with Crippen molar-refractivity contribution in [2.24, 2.45) is 22.5 Å². The standard InChI is InChI=1S/C16H14N4O2/c17-9-14-12(8-11-4-2-1-3-5-11)15(14,10-18)16(20-13(14)19)21-6-7-22-16/h1-5,12H,6-8H2,(H2,19,20)/p+1/t12-,14-,15-/m1/s1. The molecular formula is C16H15N4O2+. The summed E-state index contributed by atoms with van der Waals surface area (Å²) in [4.78, 5) is 2.93. The molecule has 1 spiro atoms. The molecular weight excluding hydrogens is 280 g/mol. The number of nitrogens with zero attached hydrogens (tertiary/aromatic N) is 2. The third-order valence-corrected chi connectivity index (χ3v) is 5.16. The number of nitriles is 2. The van der Waals surface area contributed by atoms with Crippen LogP contribution in [-0.4, -0.2) is 25.0 Å². The van der Waals surface area contributed by atoms with Gasteiger partial charge in [0.25, 0.3) is 5.84 Å². The van der Waals surface area contributed by atoms with Crippen LogP contribution in [0.1, 0.15) is 5.56 Å². The first kappa shape index (κ1) is 13.3. The Labute approximate surface area is 127 Å². The Morgan fingerprint density at radius 1 is 1.18 bits per heavy atom. The largest absolute Gasteiger partial charge is 0.343 e. The Kier molecular flexibility index (Phi) is 2.45. The number of amidine groups is 1. The number of hydrogen-bond acceptors (Lipinski definition) is 5. The molecule has 1 aliphatic carbocycles. The van der Waals surface area contributed by atoms with Crippen LogP contribution in [0.3, 0.4) is 0 Å². The quantitative estimate of drug-likeness (QED) is 0.730. The van der Waals surface area contributed by atoms with Gasteiger partial charge in [0, 0.05) is 5.92 Å². The van der Waals surface area contributed by atoms with Crippen LogP contribution >= 0.6 is 0 Å². The van der Waals surface area contributed by atoms with E-state index >= 15 is 0 Å². The van der Waals surface area contributed by atoms with Crippen LogP contribution in [0.5, 0.6) is 0 Å². The van der Waals surface area contributed by atoms with Gasteiger partial charge in [-0.2, -0.15) is 10.5 Å². The molecule has 4 rings (SSSR count). The Hall–Kier alpha value is -2.41. The summed E-state index contributed by atoms with van der Waals surface area (Å²) in [6.07, 6.45) is 0.582. The highest BCUT2D eigenvalue weighted by Gasteiger charge is 2.96. The van der Waals surface area contributed by atoms with E-state index in [2.05, 4.69) is 17.1 Å². The number of ether oxygens (including phenoxy) is 2. The van der Waals surface area contributed by atoms with Crippen LogP contribution in [-0.2, 0) is 15.9 Å². The first-order chi connectivity index (χ1) is 10.7. The molecule has 0 bridgehead atoms. The average molecular weight is 295 g/mol. The highest BCUT2D eigenvalue weighted by molar-refractivity contribution is 5.93. The van der Waals surface area contributed by atoms with E-state index in [0.29, 0.717) is 19.6 Å². The zero-order chi connectivity index (χ0) is 15.4. The highest BCUT2D eigenvalue weighted by atomic mass is 16.8. The zero-order valence-electron chi connectivity index (χ0n) is 11.9. The number of fused-ring (bicyclic) bond motifs is 2. The van der Waals surface area contributed by atoms with E-state index in [1.165, 1.54) is 0 Å². The lowest BCUT2D eigenvalue weighted by Crippen LogP contribution is -2.90. The molecule has 3 N–H and O–H groups in total. The van der Waals surface area contributed by atoms with E-state index in [1.807, 2.05) is 30.3 Å². The first-order valence-electron chi connectivity index (χ1n) is 7.22. The number of hydrogen-bond donors (Lipinski definition) is 2. The summed E-state index contributed by atoms with van der Waals surface area (Å²) >= 11 is 0. The summed E-state index contributed by atoms with van der Waals surface area (Å²) in [5.74, 6) is -1.27. The van der Waals surface area contributed by atoms with Gasteiger partial charge < -0.3 is 9.47 Å². The number of rotatable bonds is 2. The van der Waals surface area contributed by atoms with E-state index in [-0.39, 0.29) is 11.8 Å². The van der Waals surface area contributed by atoms with Crippen molar-refractivity contribution >= 4 is 5.84 Å². The predicted molar refractivity (Wildman–Crippen MR) is 74.5 cm³/mol. The summed E-state index contributed by atoms with van der Waals surface area (Å²) in [6.45, 7) is 0.756. The number of nitrogens with two attached hydrogens (primary N) is 1. The van der Waals surface area contributed by atoms with Crippen LogP contribution in [0.4, 0.5) is 0 Å². The molecule has 2 aliphatic heterocycles. The maximum Gasteiger partial charge on any atom is 0.343 e. The summed E-state index contributed by atoms with van der Waals surface area (Å²) in [5.41, 5.74) is 4.99. The van der Waals surface area contributed by atoms with Gasteiger partial charge in [-0.15, -0.1) is 0 Å². The second-order valence-corrected chi connectivity index (χ2v) is 5.93. The molecule has 3 atom stereocenters. The van der Waals surface area contributed by atoms with Crippen molar-refractivity contribution in [3.05, 3.63) is 35.9 Å². The Morgan fingerprint density at radius 2 is 1.86 bits per heavy atom. The topological polar surface area (TPSA) is 106 Å². The van der Waals surface area contributed by atoms with Crippen LogP contribution < -0.4 is 10.7 Å². The first-order valence-corrected chi connectivity index (χ1v) is 7.22. The van der Waals surface area contributed by atoms with Crippen molar-refractivity contribution < 1.29 is 14.5 Å².